The van der Waals surface area contributed by atoms with Crippen LogP contribution in [0.25, 0.3) is 0 Å². The fraction of sp³-hybridized carbons (Fsp3) is 1.00. The molecular formula is C17H35N3O. The van der Waals surface area contributed by atoms with Crippen LogP contribution in [0.1, 0.15) is 51.9 Å². The number of nitrogens with one attached hydrogen (secondary N) is 1. The molecule has 2 fully saturated rings. The maximum absolute atomic E-state index is 9.62. The van der Waals surface area contributed by atoms with Crippen molar-refractivity contribution in [3.63, 3.8) is 0 Å². The first-order valence-electron chi connectivity index (χ1n) is 8.80. The lowest BCUT2D eigenvalue weighted by Gasteiger charge is -2.35. The van der Waals surface area contributed by atoms with E-state index in [2.05, 4.69) is 36.1 Å². The zero-order valence-electron chi connectivity index (χ0n) is 14.3. The van der Waals surface area contributed by atoms with Crippen molar-refractivity contribution < 1.29 is 5.11 Å². The molecule has 1 atom stereocenters. The summed E-state index contributed by atoms with van der Waals surface area (Å²) in [5.74, 6) is 0. The standard InChI is InChI=1S/C17H35N3O/c1-17(14-21,18-15-6-7-15)10-4-5-11-20(3)16-8-12-19(2)13-9-16/h15-16,18,21H,4-14H2,1-3H3. The normalized spacial score (nSPS) is 24.4. The molecule has 1 unspecified atom stereocenters. The Morgan fingerprint density at radius 2 is 1.86 bits per heavy atom. The van der Waals surface area contributed by atoms with E-state index in [1.807, 2.05) is 0 Å². The summed E-state index contributed by atoms with van der Waals surface area (Å²) in [6, 6.07) is 1.44. The monoisotopic (exact) mass is 297 g/mol. The molecule has 4 heteroatoms. The van der Waals surface area contributed by atoms with Crippen LogP contribution in [0.3, 0.4) is 0 Å². The zero-order chi connectivity index (χ0) is 15.3. The Hall–Kier alpha value is -0.160. The highest BCUT2D eigenvalue weighted by Gasteiger charge is 2.31. The van der Waals surface area contributed by atoms with Crippen LogP contribution in [-0.2, 0) is 0 Å². The summed E-state index contributed by atoms with van der Waals surface area (Å²) in [4.78, 5) is 4.98. The lowest BCUT2D eigenvalue weighted by atomic mass is 9.95. The number of nitrogens with zero attached hydrogens (tertiary/aromatic N) is 2. The minimum absolute atomic E-state index is 0.0622. The fourth-order valence-electron chi connectivity index (χ4n) is 3.41. The number of aliphatic hydroxyl groups is 1. The molecule has 0 amide bonds. The molecule has 2 N–H and O–H groups in total. The van der Waals surface area contributed by atoms with E-state index in [0.717, 1.165) is 12.5 Å². The second-order valence-electron chi connectivity index (χ2n) is 7.61. The molecular weight excluding hydrogens is 262 g/mol. The van der Waals surface area contributed by atoms with Crippen molar-refractivity contribution in [2.24, 2.45) is 0 Å². The summed E-state index contributed by atoms with van der Waals surface area (Å²) in [5, 5.41) is 13.2. The molecule has 4 nitrogen and oxygen atoms in total. The third-order valence-electron chi connectivity index (χ3n) is 5.28. The molecule has 0 aromatic rings. The Kier molecular flexibility index (Phi) is 6.48. The molecule has 1 saturated heterocycles. The van der Waals surface area contributed by atoms with Gasteiger partial charge in [-0.25, -0.2) is 0 Å². The fourth-order valence-corrected chi connectivity index (χ4v) is 3.41. The van der Waals surface area contributed by atoms with Crippen LogP contribution < -0.4 is 5.32 Å². The van der Waals surface area contributed by atoms with E-state index < -0.39 is 0 Å². The van der Waals surface area contributed by atoms with Crippen molar-refractivity contribution in [2.75, 3.05) is 40.3 Å². The third-order valence-corrected chi connectivity index (χ3v) is 5.28. The highest BCUT2D eigenvalue weighted by atomic mass is 16.3. The molecule has 2 aliphatic rings. The molecule has 1 aliphatic carbocycles. The van der Waals surface area contributed by atoms with E-state index in [9.17, 15) is 5.11 Å². The Balaban J connectivity index is 1.59. The van der Waals surface area contributed by atoms with Crippen LogP contribution in [-0.4, -0.2) is 72.9 Å². The van der Waals surface area contributed by atoms with Gasteiger partial charge in [0, 0.05) is 17.6 Å². The molecule has 1 heterocycles. The zero-order valence-corrected chi connectivity index (χ0v) is 14.3. The van der Waals surface area contributed by atoms with Crippen molar-refractivity contribution in [2.45, 2.75) is 69.5 Å². The summed E-state index contributed by atoms with van der Waals surface area (Å²) in [6.45, 7) is 6.10. The van der Waals surface area contributed by atoms with Crippen LogP contribution in [0.5, 0.6) is 0 Å². The largest absolute Gasteiger partial charge is 0.394 e. The average molecular weight is 297 g/mol. The molecule has 0 aromatic heterocycles. The van der Waals surface area contributed by atoms with Gasteiger partial charge >= 0.3 is 0 Å². The van der Waals surface area contributed by atoms with Crippen molar-refractivity contribution in [3.05, 3.63) is 0 Å². The lowest BCUT2D eigenvalue weighted by Crippen LogP contribution is -2.47. The number of hydrogen-bond acceptors (Lipinski definition) is 4. The summed E-state index contributed by atoms with van der Waals surface area (Å²) in [6.07, 6.45) is 8.72. The average Bonchev–Trinajstić information content (AvgIpc) is 3.28. The second-order valence-corrected chi connectivity index (χ2v) is 7.61. The van der Waals surface area contributed by atoms with Gasteiger partial charge in [0.2, 0.25) is 0 Å². The van der Waals surface area contributed by atoms with Gasteiger partial charge in [0.05, 0.1) is 6.61 Å². The first kappa shape index (κ1) is 17.2. The van der Waals surface area contributed by atoms with Crippen molar-refractivity contribution in [3.8, 4) is 0 Å². The first-order chi connectivity index (χ1) is 10.0. The van der Waals surface area contributed by atoms with E-state index in [0.29, 0.717) is 6.04 Å². The van der Waals surface area contributed by atoms with Crippen LogP contribution >= 0.6 is 0 Å². The van der Waals surface area contributed by atoms with Crippen LogP contribution in [0, 0.1) is 0 Å². The minimum atomic E-state index is -0.0622. The lowest BCUT2D eigenvalue weighted by molar-refractivity contribution is 0.136. The molecule has 0 bridgehead atoms. The Bertz CT molecular complexity index is 300. The van der Waals surface area contributed by atoms with Gasteiger partial charge in [-0.3, -0.25) is 0 Å². The smallest absolute Gasteiger partial charge is 0.0610 e. The van der Waals surface area contributed by atoms with Crippen LogP contribution in [0.15, 0.2) is 0 Å². The molecule has 0 spiro atoms. The number of rotatable bonds is 9. The molecule has 124 valence electrons. The van der Waals surface area contributed by atoms with Gasteiger partial charge in [0.1, 0.15) is 0 Å². The van der Waals surface area contributed by atoms with Crippen LogP contribution in [0.2, 0.25) is 0 Å². The highest BCUT2D eigenvalue weighted by molar-refractivity contribution is 4.92. The SMILES string of the molecule is CN1CCC(N(C)CCCCC(C)(CO)NC2CC2)CC1. The Morgan fingerprint density at radius 1 is 1.19 bits per heavy atom. The molecule has 2 rings (SSSR count). The summed E-state index contributed by atoms with van der Waals surface area (Å²) >= 11 is 0. The summed E-state index contributed by atoms with van der Waals surface area (Å²) < 4.78 is 0. The summed E-state index contributed by atoms with van der Waals surface area (Å²) in [7, 11) is 4.50. The van der Waals surface area contributed by atoms with Crippen molar-refractivity contribution in [1.82, 2.24) is 15.1 Å². The number of piperidine rings is 1. The minimum Gasteiger partial charge on any atom is -0.394 e. The summed E-state index contributed by atoms with van der Waals surface area (Å²) in [5.41, 5.74) is -0.0622. The maximum atomic E-state index is 9.62. The quantitative estimate of drug-likeness (QED) is 0.635. The third kappa shape index (κ3) is 5.85. The Labute approximate surface area is 130 Å². The van der Waals surface area contributed by atoms with Gasteiger partial charge in [-0.1, -0.05) is 6.42 Å². The number of hydrogen-bond donors (Lipinski definition) is 2. The van der Waals surface area contributed by atoms with Gasteiger partial charge in [0.15, 0.2) is 0 Å². The number of likely N-dealkylation sites (tertiary alicyclic amines) is 1. The second kappa shape index (κ2) is 7.91. The van der Waals surface area contributed by atoms with Gasteiger partial charge in [-0.05, 0) is 79.2 Å². The topological polar surface area (TPSA) is 38.7 Å². The predicted octanol–water partition coefficient (Wildman–Crippen LogP) is 1.69. The van der Waals surface area contributed by atoms with Gasteiger partial charge < -0.3 is 20.2 Å². The van der Waals surface area contributed by atoms with E-state index in [4.69, 9.17) is 0 Å². The van der Waals surface area contributed by atoms with E-state index >= 15 is 0 Å². The first-order valence-corrected chi connectivity index (χ1v) is 8.80. The molecule has 1 aliphatic heterocycles. The van der Waals surface area contributed by atoms with Gasteiger partial charge in [-0.2, -0.15) is 0 Å². The predicted molar refractivity (Wildman–Crippen MR) is 88.6 cm³/mol. The van der Waals surface area contributed by atoms with E-state index in [1.165, 1.54) is 58.2 Å². The highest BCUT2D eigenvalue weighted by Crippen LogP contribution is 2.25. The molecule has 0 radical (unpaired) electrons. The molecule has 1 saturated carbocycles. The van der Waals surface area contributed by atoms with Crippen molar-refractivity contribution in [1.29, 1.82) is 0 Å². The Morgan fingerprint density at radius 3 is 2.43 bits per heavy atom. The maximum Gasteiger partial charge on any atom is 0.0610 e. The number of unbranched alkanes of at least 4 members (excludes halogenated alkanes) is 1. The van der Waals surface area contributed by atoms with Gasteiger partial charge in [0.25, 0.3) is 0 Å². The number of aliphatic hydroxyl groups excluding tert-OH is 1. The van der Waals surface area contributed by atoms with E-state index in [1.54, 1.807) is 0 Å². The van der Waals surface area contributed by atoms with Crippen molar-refractivity contribution >= 4 is 0 Å². The molecule has 0 aromatic carbocycles. The van der Waals surface area contributed by atoms with E-state index in [-0.39, 0.29) is 12.1 Å². The van der Waals surface area contributed by atoms with Gasteiger partial charge in [-0.15, -0.1) is 0 Å². The van der Waals surface area contributed by atoms with Crippen LogP contribution in [0.4, 0.5) is 0 Å². The molecule has 21 heavy (non-hydrogen) atoms.